The first-order valence-corrected chi connectivity index (χ1v) is 9.90. The molecule has 3 nitrogen and oxygen atoms in total. The fourth-order valence-corrected chi connectivity index (χ4v) is 3.66. The lowest BCUT2D eigenvalue weighted by atomic mass is 10.1. The van der Waals surface area contributed by atoms with Crippen molar-refractivity contribution in [1.29, 1.82) is 0 Å². The molecule has 0 fully saturated rings. The number of thioether (sulfide) groups is 2. The molecule has 0 radical (unpaired) electrons. The summed E-state index contributed by atoms with van der Waals surface area (Å²) in [4.78, 5) is 1.27. The molecule has 5 heteroatoms. The maximum absolute atomic E-state index is 5.68. The van der Waals surface area contributed by atoms with Crippen LogP contribution >= 0.6 is 23.5 Å². The summed E-state index contributed by atoms with van der Waals surface area (Å²) in [6, 6.07) is 4.76. The molecule has 0 aromatic heterocycles. The van der Waals surface area contributed by atoms with Crippen molar-refractivity contribution in [3.63, 3.8) is 0 Å². The summed E-state index contributed by atoms with van der Waals surface area (Å²) in [5.41, 5.74) is 1.29. The van der Waals surface area contributed by atoms with Crippen molar-refractivity contribution in [2.24, 2.45) is 0 Å². The van der Waals surface area contributed by atoms with Crippen LogP contribution in [0.15, 0.2) is 17.0 Å². The maximum Gasteiger partial charge on any atom is 0.162 e. The van der Waals surface area contributed by atoms with Crippen LogP contribution in [-0.4, -0.2) is 37.0 Å². The van der Waals surface area contributed by atoms with Gasteiger partial charge in [-0.15, -0.1) is 11.8 Å². The van der Waals surface area contributed by atoms with E-state index in [0.29, 0.717) is 19.3 Å². The number of ether oxygens (including phenoxy) is 2. The van der Waals surface area contributed by atoms with Gasteiger partial charge in [-0.05, 0) is 48.8 Å². The fourth-order valence-electron chi connectivity index (χ4n) is 2.23. The fraction of sp³-hybridized carbons (Fsp3) is 0.625. The molecule has 0 saturated carbocycles. The van der Waals surface area contributed by atoms with Crippen LogP contribution in [0.5, 0.6) is 11.5 Å². The highest BCUT2D eigenvalue weighted by Gasteiger charge is 2.15. The number of hydrogen-bond acceptors (Lipinski definition) is 5. The lowest BCUT2D eigenvalue weighted by molar-refractivity contribution is 0.171. The van der Waals surface area contributed by atoms with E-state index in [-0.39, 0.29) is 0 Å². The predicted molar refractivity (Wildman–Crippen MR) is 93.1 cm³/mol. The smallest absolute Gasteiger partial charge is 0.162 e. The first-order chi connectivity index (χ1) is 10.2. The topological polar surface area (TPSA) is 30.5 Å². The molecule has 1 aliphatic heterocycles. The van der Waals surface area contributed by atoms with E-state index in [4.69, 9.17) is 9.47 Å². The van der Waals surface area contributed by atoms with Gasteiger partial charge in [-0.3, -0.25) is 0 Å². The van der Waals surface area contributed by atoms with Crippen molar-refractivity contribution in [1.82, 2.24) is 5.32 Å². The zero-order valence-corrected chi connectivity index (χ0v) is 14.7. The zero-order chi connectivity index (χ0) is 15.1. The van der Waals surface area contributed by atoms with Crippen LogP contribution in [0, 0.1) is 0 Å². The summed E-state index contributed by atoms with van der Waals surface area (Å²) < 4.78 is 11.3. The van der Waals surface area contributed by atoms with E-state index in [1.54, 1.807) is 11.8 Å². The SMILES string of the molecule is CCSCCC(C)NCc1cc2c(cc1SC)OCCO2. The zero-order valence-electron chi connectivity index (χ0n) is 13.1. The van der Waals surface area contributed by atoms with Gasteiger partial charge in [0.1, 0.15) is 13.2 Å². The van der Waals surface area contributed by atoms with Gasteiger partial charge in [0, 0.05) is 17.5 Å². The molecular weight excluding hydrogens is 302 g/mol. The second-order valence-electron chi connectivity index (χ2n) is 5.08. The second kappa shape index (κ2) is 8.81. The van der Waals surface area contributed by atoms with E-state index in [1.165, 1.54) is 28.4 Å². The minimum absolute atomic E-state index is 0.534. The number of fused-ring (bicyclic) bond motifs is 1. The van der Waals surface area contributed by atoms with E-state index < -0.39 is 0 Å². The van der Waals surface area contributed by atoms with Gasteiger partial charge in [0.05, 0.1) is 0 Å². The summed E-state index contributed by atoms with van der Waals surface area (Å²) in [5, 5.41) is 3.62. The van der Waals surface area contributed by atoms with Crippen LogP contribution in [0.25, 0.3) is 0 Å². The lowest BCUT2D eigenvalue weighted by Crippen LogP contribution is -2.26. The summed E-state index contributed by atoms with van der Waals surface area (Å²) in [5.74, 6) is 4.18. The molecule has 2 rings (SSSR count). The van der Waals surface area contributed by atoms with Crippen molar-refractivity contribution < 1.29 is 9.47 Å². The summed E-state index contributed by atoms with van der Waals surface area (Å²) >= 11 is 3.77. The third-order valence-electron chi connectivity index (χ3n) is 3.49. The van der Waals surface area contributed by atoms with Gasteiger partial charge in [-0.1, -0.05) is 6.92 Å². The molecule has 1 atom stereocenters. The Bertz CT molecular complexity index is 454. The molecule has 0 saturated heterocycles. The molecule has 1 N–H and O–H groups in total. The molecule has 1 aromatic carbocycles. The Hall–Kier alpha value is -0.520. The van der Waals surface area contributed by atoms with Gasteiger partial charge in [-0.25, -0.2) is 0 Å². The van der Waals surface area contributed by atoms with Crippen molar-refractivity contribution in [2.75, 3.05) is 31.0 Å². The first-order valence-electron chi connectivity index (χ1n) is 7.52. The number of rotatable bonds is 8. The normalized spacial score (nSPS) is 15.0. The van der Waals surface area contributed by atoms with Gasteiger partial charge in [0.2, 0.25) is 0 Å². The second-order valence-corrected chi connectivity index (χ2v) is 7.32. The van der Waals surface area contributed by atoms with Gasteiger partial charge in [0.25, 0.3) is 0 Å². The van der Waals surface area contributed by atoms with Crippen LogP contribution in [0.4, 0.5) is 0 Å². The summed E-state index contributed by atoms with van der Waals surface area (Å²) in [6.07, 6.45) is 3.31. The average Bonchev–Trinajstić information content (AvgIpc) is 2.52. The third-order valence-corrected chi connectivity index (χ3v) is 5.24. The molecule has 1 aromatic rings. The number of nitrogens with one attached hydrogen (secondary N) is 1. The van der Waals surface area contributed by atoms with Crippen molar-refractivity contribution >= 4 is 23.5 Å². The molecule has 21 heavy (non-hydrogen) atoms. The number of benzene rings is 1. The van der Waals surface area contributed by atoms with Crippen molar-refractivity contribution in [2.45, 2.75) is 37.8 Å². The predicted octanol–water partition coefficient (Wildman–Crippen LogP) is 3.80. The van der Waals surface area contributed by atoms with Crippen molar-refractivity contribution in [3.8, 4) is 11.5 Å². The van der Waals surface area contributed by atoms with Crippen molar-refractivity contribution in [3.05, 3.63) is 17.7 Å². The molecule has 0 spiro atoms. The Morgan fingerprint density at radius 3 is 2.62 bits per heavy atom. The van der Waals surface area contributed by atoms with E-state index >= 15 is 0 Å². The third kappa shape index (κ3) is 5.01. The van der Waals surface area contributed by atoms with Crippen LogP contribution in [0.2, 0.25) is 0 Å². The quantitative estimate of drug-likeness (QED) is 0.580. The summed E-state index contributed by atoms with van der Waals surface area (Å²) in [7, 11) is 0. The molecule has 118 valence electrons. The molecule has 0 bridgehead atoms. The Kier molecular flexibility index (Phi) is 7.07. The van der Waals surface area contributed by atoms with E-state index in [2.05, 4.69) is 37.6 Å². The van der Waals surface area contributed by atoms with Crippen LogP contribution in [0.1, 0.15) is 25.8 Å². The van der Waals surface area contributed by atoms with Crippen LogP contribution in [0.3, 0.4) is 0 Å². The Morgan fingerprint density at radius 2 is 1.95 bits per heavy atom. The first kappa shape index (κ1) is 16.8. The van der Waals surface area contributed by atoms with Gasteiger partial charge >= 0.3 is 0 Å². The van der Waals surface area contributed by atoms with E-state index in [1.807, 2.05) is 11.8 Å². The Balaban J connectivity index is 1.95. The monoisotopic (exact) mass is 327 g/mol. The molecule has 0 aliphatic carbocycles. The summed E-state index contributed by atoms with van der Waals surface area (Å²) in [6.45, 7) is 6.63. The standard InChI is InChI=1S/C16H25NO2S2/c1-4-21-8-5-12(2)17-11-13-9-14-15(10-16(13)20-3)19-7-6-18-14/h9-10,12,17H,4-8,11H2,1-3H3. The molecule has 1 unspecified atom stereocenters. The van der Waals surface area contributed by atoms with Crippen LogP contribution in [-0.2, 0) is 6.54 Å². The van der Waals surface area contributed by atoms with Gasteiger partial charge < -0.3 is 14.8 Å². The van der Waals surface area contributed by atoms with Crippen LogP contribution < -0.4 is 14.8 Å². The maximum atomic E-state index is 5.68. The van der Waals surface area contributed by atoms with E-state index in [0.717, 1.165) is 18.0 Å². The average molecular weight is 328 g/mol. The minimum atomic E-state index is 0.534. The molecule has 0 amide bonds. The highest BCUT2D eigenvalue weighted by molar-refractivity contribution is 7.99. The number of hydrogen-bond donors (Lipinski definition) is 1. The van der Waals surface area contributed by atoms with Gasteiger partial charge in [0.15, 0.2) is 11.5 Å². The minimum Gasteiger partial charge on any atom is -0.486 e. The molecule has 1 heterocycles. The molecular formula is C16H25NO2S2. The highest BCUT2D eigenvalue weighted by atomic mass is 32.2. The largest absolute Gasteiger partial charge is 0.486 e. The Morgan fingerprint density at radius 1 is 1.24 bits per heavy atom. The van der Waals surface area contributed by atoms with E-state index in [9.17, 15) is 0 Å². The highest BCUT2D eigenvalue weighted by Crippen LogP contribution is 2.36. The Labute approximate surface area is 136 Å². The molecule has 1 aliphatic rings. The lowest BCUT2D eigenvalue weighted by Gasteiger charge is -2.21. The van der Waals surface area contributed by atoms with Gasteiger partial charge in [-0.2, -0.15) is 11.8 Å².